The molecule has 1 heterocycles. The van der Waals surface area contributed by atoms with Gasteiger partial charge in [-0.05, 0) is 25.1 Å². The Labute approximate surface area is 74.3 Å². The standard InChI is InChI=1S/C10H16N2/c1-4-10(11-2)9-6-5-7-12(3)8-9/h4-5,7-8,11H,6H2,1-3H3/b10-4-. The molecule has 0 saturated heterocycles. The molecule has 0 spiro atoms. The molecular formula is C10H16N2. The van der Waals surface area contributed by atoms with Crippen LogP contribution in [-0.4, -0.2) is 19.0 Å². The molecule has 0 radical (unpaired) electrons. The minimum atomic E-state index is 1.02. The summed E-state index contributed by atoms with van der Waals surface area (Å²) in [6.45, 7) is 2.05. The van der Waals surface area contributed by atoms with Crippen LogP contribution in [0.4, 0.5) is 0 Å². The Morgan fingerprint density at radius 3 is 2.92 bits per heavy atom. The Kier molecular flexibility index (Phi) is 2.97. The Morgan fingerprint density at radius 2 is 2.42 bits per heavy atom. The third-order valence-electron chi connectivity index (χ3n) is 1.94. The van der Waals surface area contributed by atoms with Gasteiger partial charge in [0.25, 0.3) is 0 Å². The first-order valence-electron chi connectivity index (χ1n) is 4.21. The van der Waals surface area contributed by atoms with Gasteiger partial charge in [0.15, 0.2) is 0 Å². The van der Waals surface area contributed by atoms with Gasteiger partial charge in [0.2, 0.25) is 0 Å². The first-order valence-corrected chi connectivity index (χ1v) is 4.21. The third-order valence-corrected chi connectivity index (χ3v) is 1.94. The van der Waals surface area contributed by atoms with Gasteiger partial charge in [-0.15, -0.1) is 0 Å². The van der Waals surface area contributed by atoms with Gasteiger partial charge in [-0.2, -0.15) is 0 Å². The largest absolute Gasteiger partial charge is 0.388 e. The maximum atomic E-state index is 3.17. The van der Waals surface area contributed by atoms with Crippen LogP contribution in [0.15, 0.2) is 35.8 Å². The van der Waals surface area contributed by atoms with E-state index >= 15 is 0 Å². The molecule has 1 aliphatic rings. The van der Waals surface area contributed by atoms with Crippen molar-refractivity contribution >= 4 is 0 Å². The predicted molar refractivity (Wildman–Crippen MR) is 52.4 cm³/mol. The Bertz CT molecular complexity index is 236. The van der Waals surface area contributed by atoms with Gasteiger partial charge in [-0.1, -0.05) is 12.2 Å². The maximum absolute atomic E-state index is 3.17. The van der Waals surface area contributed by atoms with E-state index < -0.39 is 0 Å². The highest BCUT2D eigenvalue weighted by molar-refractivity contribution is 5.32. The zero-order valence-electron chi connectivity index (χ0n) is 7.96. The van der Waals surface area contributed by atoms with E-state index in [9.17, 15) is 0 Å². The molecule has 0 saturated carbocycles. The van der Waals surface area contributed by atoms with Gasteiger partial charge >= 0.3 is 0 Å². The number of nitrogens with one attached hydrogen (secondary N) is 1. The van der Waals surface area contributed by atoms with Gasteiger partial charge < -0.3 is 10.2 Å². The highest BCUT2D eigenvalue weighted by Crippen LogP contribution is 2.16. The molecule has 0 aliphatic carbocycles. The molecule has 0 aromatic rings. The first-order chi connectivity index (χ1) is 5.77. The lowest BCUT2D eigenvalue weighted by Gasteiger charge is -2.18. The molecule has 12 heavy (non-hydrogen) atoms. The van der Waals surface area contributed by atoms with Crippen LogP contribution in [0.5, 0.6) is 0 Å². The molecule has 2 nitrogen and oxygen atoms in total. The van der Waals surface area contributed by atoms with Crippen molar-refractivity contribution in [3.63, 3.8) is 0 Å². The second-order valence-electron chi connectivity index (χ2n) is 2.86. The molecule has 66 valence electrons. The van der Waals surface area contributed by atoms with Gasteiger partial charge in [-0.25, -0.2) is 0 Å². The summed E-state index contributed by atoms with van der Waals surface area (Å²) in [5.41, 5.74) is 2.55. The summed E-state index contributed by atoms with van der Waals surface area (Å²) >= 11 is 0. The second-order valence-corrected chi connectivity index (χ2v) is 2.86. The lowest BCUT2D eigenvalue weighted by Crippen LogP contribution is -2.13. The molecule has 1 rings (SSSR count). The summed E-state index contributed by atoms with van der Waals surface area (Å²) in [5.74, 6) is 0. The van der Waals surface area contributed by atoms with Crippen molar-refractivity contribution in [2.24, 2.45) is 0 Å². The first kappa shape index (κ1) is 8.91. The lowest BCUT2D eigenvalue weighted by molar-refractivity contribution is 0.602. The normalized spacial score (nSPS) is 17.8. The van der Waals surface area contributed by atoms with Crippen LogP contribution in [0.2, 0.25) is 0 Å². The minimum absolute atomic E-state index is 1.02. The van der Waals surface area contributed by atoms with Crippen molar-refractivity contribution < 1.29 is 0 Å². The second kappa shape index (κ2) is 4.00. The van der Waals surface area contributed by atoms with Crippen molar-refractivity contribution in [1.82, 2.24) is 10.2 Å². The van der Waals surface area contributed by atoms with Crippen LogP contribution >= 0.6 is 0 Å². The minimum Gasteiger partial charge on any atom is -0.388 e. The topological polar surface area (TPSA) is 15.3 Å². The third kappa shape index (κ3) is 1.91. The van der Waals surface area contributed by atoms with Crippen LogP contribution in [0.3, 0.4) is 0 Å². The highest BCUT2D eigenvalue weighted by Gasteiger charge is 2.04. The summed E-state index contributed by atoms with van der Waals surface area (Å²) in [5, 5.41) is 3.17. The quantitative estimate of drug-likeness (QED) is 0.670. The molecule has 0 aromatic carbocycles. The summed E-state index contributed by atoms with van der Waals surface area (Å²) in [4.78, 5) is 2.07. The van der Waals surface area contributed by atoms with Gasteiger partial charge in [-0.3, -0.25) is 0 Å². The smallest absolute Gasteiger partial charge is 0.0344 e. The van der Waals surface area contributed by atoms with Gasteiger partial charge in [0, 0.05) is 26.0 Å². The van der Waals surface area contributed by atoms with Crippen molar-refractivity contribution in [3.05, 3.63) is 35.8 Å². The number of hydrogen-bond acceptors (Lipinski definition) is 2. The molecule has 0 atom stereocenters. The van der Waals surface area contributed by atoms with E-state index in [1.165, 1.54) is 11.3 Å². The molecule has 0 bridgehead atoms. The summed E-state index contributed by atoms with van der Waals surface area (Å²) in [6, 6.07) is 0. The van der Waals surface area contributed by atoms with Crippen LogP contribution in [0.25, 0.3) is 0 Å². The zero-order chi connectivity index (χ0) is 8.97. The van der Waals surface area contributed by atoms with Crippen LogP contribution < -0.4 is 5.32 Å². The molecule has 0 fully saturated rings. The average Bonchev–Trinajstić information content (AvgIpc) is 2.07. The number of hydrogen-bond donors (Lipinski definition) is 1. The van der Waals surface area contributed by atoms with E-state index in [0.717, 1.165) is 6.42 Å². The fourth-order valence-corrected chi connectivity index (χ4v) is 1.36. The average molecular weight is 164 g/mol. The summed E-state index contributed by atoms with van der Waals surface area (Å²) in [7, 11) is 3.99. The van der Waals surface area contributed by atoms with Crippen molar-refractivity contribution in [3.8, 4) is 0 Å². The highest BCUT2D eigenvalue weighted by atomic mass is 15.1. The van der Waals surface area contributed by atoms with Gasteiger partial charge in [0.05, 0.1) is 0 Å². The lowest BCUT2D eigenvalue weighted by atomic mass is 10.1. The van der Waals surface area contributed by atoms with Crippen molar-refractivity contribution in [1.29, 1.82) is 0 Å². The Morgan fingerprint density at radius 1 is 1.67 bits per heavy atom. The van der Waals surface area contributed by atoms with E-state index in [4.69, 9.17) is 0 Å². The molecule has 0 aromatic heterocycles. The molecule has 0 unspecified atom stereocenters. The van der Waals surface area contributed by atoms with Crippen molar-refractivity contribution in [2.45, 2.75) is 13.3 Å². The predicted octanol–water partition coefficient (Wildman–Crippen LogP) is 1.84. The van der Waals surface area contributed by atoms with E-state index in [1.54, 1.807) is 0 Å². The molecule has 1 aliphatic heterocycles. The van der Waals surface area contributed by atoms with E-state index in [-0.39, 0.29) is 0 Å². The van der Waals surface area contributed by atoms with E-state index in [0.29, 0.717) is 0 Å². The van der Waals surface area contributed by atoms with Crippen LogP contribution in [-0.2, 0) is 0 Å². The molecule has 0 amide bonds. The Balaban J connectivity index is 2.75. The molecular weight excluding hydrogens is 148 g/mol. The number of likely N-dealkylation sites (N-methyl/N-ethyl adjacent to an activating group) is 1. The molecule has 1 N–H and O–H groups in total. The fourth-order valence-electron chi connectivity index (χ4n) is 1.36. The maximum Gasteiger partial charge on any atom is 0.0344 e. The van der Waals surface area contributed by atoms with Crippen molar-refractivity contribution in [2.75, 3.05) is 14.1 Å². The van der Waals surface area contributed by atoms with Gasteiger partial charge in [0.1, 0.15) is 0 Å². The SMILES string of the molecule is C/C=C(\NC)C1=CN(C)C=CC1. The fraction of sp³-hybridized carbons (Fsp3) is 0.400. The summed E-state index contributed by atoms with van der Waals surface area (Å²) < 4.78 is 0. The van der Waals surface area contributed by atoms with E-state index in [1.807, 2.05) is 21.0 Å². The number of rotatable bonds is 2. The van der Waals surface area contributed by atoms with Crippen LogP contribution in [0.1, 0.15) is 13.3 Å². The zero-order valence-corrected chi connectivity index (χ0v) is 7.96. The number of nitrogens with zero attached hydrogens (tertiary/aromatic N) is 1. The van der Waals surface area contributed by atoms with Crippen LogP contribution in [0, 0.1) is 0 Å². The monoisotopic (exact) mass is 164 g/mol. The Hall–Kier alpha value is -1.18. The van der Waals surface area contributed by atoms with E-state index in [2.05, 4.69) is 34.8 Å². The number of allylic oxidation sites excluding steroid dienone is 3. The molecule has 2 heteroatoms. The summed E-state index contributed by atoms with van der Waals surface area (Å²) in [6.07, 6.45) is 9.50.